The SMILES string of the molecule is CN1C(=O)CSc2cc(C3CNCCO3)ccc21. The summed E-state index contributed by atoms with van der Waals surface area (Å²) in [5.74, 6) is 0.687. The molecular formula is C13H16N2O2S. The van der Waals surface area contributed by atoms with E-state index in [1.807, 2.05) is 13.1 Å². The highest BCUT2D eigenvalue weighted by atomic mass is 32.2. The minimum Gasteiger partial charge on any atom is -0.371 e. The zero-order valence-corrected chi connectivity index (χ0v) is 11.1. The van der Waals surface area contributed by atoms with Crippen LogP contribution in [0.2, 0.25) is 0 Å². The number of carbonyl (C=O) groups is 1. The van der Waals surface area contributed by atoms with Gasteiger partial charge in [0, 0.05) is 25.0 Å². The van der Waals surface area contributed by atoms with Crippen molar-refractivity contribution >= 4 is 23.4 Å². The fourth-order valence-corrected chi connectivity index (χ4v) is 3.32. The van der Waals surface area contributed by atoms with Crippen LogP contribution in [-0.2, 0) is 9.53 Å². The molecule has 18 heavy (non-hydrogen) atoms. The van der Waals surface area contributed by atoms with Gasteiger partial charge in [0.05, 0.1) is 24.2 Å². The van der Waals surface area contributed by atoms with Crippen LogP contribution in [0.3, 0.4) is 0 Å². The lowest BCUT2D eigenvalue weighted by atomic mass is 10.1. The Kier molecular flexibility index (Phi) is 3.28. The predicted molar refractivity (Wildman–Crippen MR) is 72.1 cm³/mol. The number of hydrogen-bond acceptors (Lipinski definition) is 4. The minimum atomic E-state index is 0.132. The summed E-state index contributed by atoms with van der Waals surface area (Å²) in [5.41, 5.74) is 2.19. The molecule has 3 rings (SSSR count). The second kappa shape index (κ2) is 4.91. The van der Waals surface area contributed by atoms with E-state index >= 15 is 0 Å². The van der Waals surface area contributed by atoms with Crippen molar-refractivity contribution in [2.45, 2.75) is 11.0 Å². The Morgan fingerprint density at radius 3 is 3.17 bits per heavy atom. The summed E-state index contributed by atoms with van der Waals surface area (Å²) in [5, 5.41) is 3.33. The highest BCUT2D eigenvalue weighted by Gasteiger charge is 2.23. The molecule has 1 unspecified atom stereocenters. The molecule has 0 spiro atoms. The molecule has 2 aliphatic rings. The van der Waals surface area contributed by atoms with Gasteiger partial charge in [-0.3, -0.25) is 4.79 Å². The number of carbonyl (C=O) groups excluding carboxylic acids is 1. The maximum Gasteiger partial charge on any atom is 0.237 e. The largest absolute Gasteiger partial charge is 0.371 e. The number of nitrogens with one attached hydrogen (secondary N) is 1. The third-order valence-corrected chi connectivity index (χ3v) is 4.40. The third-order valence-electron chi connectivity index (χ3n) is 3.37. The first-order chi connectivity index (χ1) is 8.75. The number of morpholine rings is 1. The molecule has 1 atom stereocenters. The minimum absolute atomic E-state index is 0.132. The predicted octanol–water partition coefficient (Wildman–Crippen LogP) is 1.42. The van der Waals surface area contributed by atoms with E-state index in [0.717, 1.165) is 25.4 Å². The van der Waals surface area contributed by atoms with Gasteiger partial charge in [0.15, 0.2) is 0 Å². The summed E-state index contributed by atoms with van der Waals surface area (Å²) in [4.78, 5) is 14.5. The fourth-order valence-electron chi connectivity index (χ4n) is 2.27. The number of hydrogen-bond donors (Lipinski definition) is 1. The van der Waals surface area contributed by atoms with Gasteiger partial charge in [-0.15, -0.1) is 11.8 Å². The lowest BCUT2D eigenvalue weighted by Crippen LogP contribution is -2.34. The molecule has 2 aliphatic heterocycles. The number of fused-ring (bicyclic) bond motifs is 1. The highest BCUT2D eigenvalue weighted by molar-refractivity contribution is 8.00. The van der Waals surface area contributed by atoms with Gasteiger partial charge in [-0.2, -0.15) is 0 Å². The molecule has 1 aromatic rings. The summed E-state index contributed by atoms with van der Waals surface area (Å²) in [7, 11) is 1.83. The Morgan fingerprint density at radius 2 is 2.39 bits per heavy atom. The number of rotatable bonds is 1. The van der Waals surface area contributed by atoms with Crippen molar-refractivity contribution in [3.8, 4) is 0 Å². The maximum absolute atomic E-state index is 11.6. The van der Waals surface area contributed by atoms with Gasteiger partial charge in [-0.05, 0) is 17.7 Å². The molecule has 0 radical (unpaired) electrons. The normalized spacial score (nSPS) is 23.9. The van der Waals surface area contributed by atoms with E-state index in [1.54, 1.807) is 16.7 Å². The van der Waals surface area contributed by atoms with Crippen molar-refractivity contribution in [3.63, 3.8) is 0 Å². The topological polar surface area (TPSA) is 41.6 Å². The summed E-state index contributed by atoms with van der Waals surface area (Å²) in [6.45, 7) is 2.54. The molecule has 96 valence electrons. The van der Waals surface area contributed by atoms with E-state index in [-0.39, 0.29) is 12.0 Å². The summed E-state index contributed by atoms with van der Waals surface area (Å²) < 4.78 is 5.75. The van der Waals surface area contributed by atoms with Crippen molar-refractivity contribution in [2.75, 3.05) is 37.4 Å². The average Bonchev–Trinajstić information content (AvgIpc) is 2.44. The number of ether oxygens (including phenoxy) is 1. The van der Waals surface area contributed by atoms with E-state index in [1.165, 1.54) is 10.5 Å². The molecule has 1 saturated heterocycles. The number of amides is 1. The van der Waals surface area contributed by atoms with E-state index < -0.39 is 0 Å². The second-order valence-corrected chi connectivity index (χ2v) is 5.55. The van der Waals surface area contributed by atoms with Gasteiger partial charge >= 0.3 is 0 Å². The summed E-state index contributed by atoms with van der Waals surface area (Å²) in [6, 6.07) is 6.24. The second-order valence-electron chi connectivity index (χ2n) is 4.53. The van der Waals surface area contributed by atoms with Crippen LogP contribution in [0.25, 0.3) is 0 Å². The number of benzene rings is 1. The van der Waals surface area contributed by atoms with Crippen LogP contribution in [0.5, 0.6) is 0 Å². The first-order valence-electron chi connectivity index (χ1n) is 6.11. The average molecular weight is 264 g/mol. The molecule has 1 amide bonds. The first-order valence-corrected chi connectivity index (χ1v) is 7.10. The lowest BCUT2D eigenvalue weighted by molar-refractivity contribution is -0.116. The van der Waals surface area contributed by atoms with Crippen molar-refractivity contribution in [1.29, 1.82) is 0 Å². The monoisotopic (exact) mass is 264 g/mol. The molecule has 0 saturated carbocycles. The van der Waals surface area contributed by atoms with E-state index in [9.17, 15) is 4.79 Å². The third kappa shape index (κ3) is 2.13. The van der Waals surface area contributed by atoms with E-state index in [2.05, 4.69) is 17.4 Å². The van der Waals surface area contributed by atoms with Crippen LogP contribution >= 0.6 is 11.8 Å². The Bertz CT molecular complexity index is 472. The standard InChI is InChI=1S/C13H16N2O2S/c1-15-10-3-2-9(11-7-14-4-5-17-11)6-12(10)18-8-13(15)16/h2-3,6,11,14H,4-5,7-8H2,1H3. The molecule has 4 nitrogen and oxygen atoms in total. The Labute approximate surface area is 111 Å². The molecule has 0 aliphatic carbocycles. The first kappa shape index (κ1) is 12.0. The smallest absolute Gasteiger partial charge is 0.237 e. The van der Waals surface area contributed by atoms with Gasteiger partial charge in [0.2, 0.25) is 5.91 Å². The number of thioether (sulfide) groups is 1. The molecule has 2 heterocycles. The lowest BCUT2D eigenvalue weighted by Gasteiger charge is -2.28. The Balaban J connectivity index is 1.89. The Morgan fingerprint density at radius 1 is 1.50 bits per heavy atom. The number of anilines is 1. The van der Waals surface area contributed by atoms with Gasteiger partial charge in [0.25, 0.3) is 0 Å². The molecule has 5 heteroatoms. The van der Waals surface area contributed by atoms with Gasteiger partial charge in [0.1, 0.15) is 0 Å². The molecule has 1 fully saturated rings. The molecule has 0 aromatic heterocycles. The zero-order chi connectivity index (χ0) is 12.5. The molecule has 1 aromatic carbocycles. The van der Waals surface area contributed by atoms with Gasteiger partial charge < -0.3 is 15.0 Å². The van der Waals surface area contributed by atoms with Crippen LogP contribution in [0.4, 0.5) is 5.69 Å². The number of nitrogens with zero attached hydrogens (tertiary/aromatic N) is 1. The van der Waals surface area contributed by atoms with Crippen molar-refractivity contribution < 1.29 is 9.53 Å². The van der Waals surface area contributed by atoms with Crippen LogP contribution < -0.4 is 10.2 Å². The van der Waals surface area contributed by atoms with Crippen molar-refractivity contribution in [2.24, 2.45) is 0 Å². The Hall–Kier alpha value is -1.04. The van der Waals surface area contributed by atoms with Crippen LogP contribution in [0.1, 0.15) is 11.7 Å². The quantitative estimate of drug-likeness (QED) is 0.833. The highest BCUT2D eigenvalue weighted by Crippen LogP contribution is 2.36. The van der Waals surface area contributed by atoms with Crippen molar-refractivity contribution in [1.82, 2.24) is 5.32 Å². The molecule has 0 bridgehead atoms. The van der Waals surface area contributed by atoms with Gasteiger partial charge in [-0.1, -0.05) is 6.07 Å². The fraction of sp³-hybridized carbons (Fsp3) is 0.462. The maximum atomic E-state index is 11.6. The molecular weight excluding hydrogens is 248 g/mol. The van der Waals surface area contributed by atoms with Crippen LogP contribution in [-0.4, -0.2) is 38.4 Å². The van der Waals surface area contributed by atoms with E-state index in [4.69, 9.17) is 4.74 Å². The van der Waals surface area contributed by atoms with Crippen LogP contribution in [0, 0.1) is 0 Å². The summed E-state index contributed by atoms with van der Waals surface area (Å²) in [6.07, 6.45) is 0.132. The van der Waals surface area contributed by atoms with Crippen molar-refractivity contribution in [3.05, 3.63) is 23.8 Å². The van der Waals surface area contributed by atoms with Crippen LogP contribution in [0.15, 0.2) is 23.1 Å². The van der Waals surface area contributed by atoms with E-state index in [0.29, 0.717) is 5.75 Å². The van der Waals surface area contributed by atoms with Gasteiger partial charge in [-0.25, -0.2) is 0 Å². The zero-order valence-electron chi connectivity index (χ0n) is 10.3. The molecule has 1 N–H and O–H groups in total. The summed E-state index contributed by atoms with van der Waals surface area (Å²) >= 11 is 1.61.